The first-order valence-corrected chi connectivity index (χ1v) is 9.69. The van der Waals surface area contributed by atoms with E-state index < -0.39 is 6.10 Å². The number of hydrogen-bond donors (Lipinski definition) is 3. The smallest absolute Gasteiger partial charge is 0.222 e. The number of fused-ring (bicyclic) bond motifs is 1. The second-order valence-corrected chi connectivity index (χ2v) is 7.15. The van der Waals surface area contributed by atoms with Crippen LogP contribution in [-0.4, -0.2) is 75.4 Å². The standard InChI is InChI=1S/C20H30N2O6/c1-25-8-7-22-18(23)10-14-9-16-20(27-14)19(24)17(28-16)12-21-11-13-5-3-4-6-15(13)26-2/h3-6,14,16-17,19-21,24H,7-12H2,1-2H3,(H,22,23). The lowest BCUT2D eigenvalue weighted by molar-refractivity contribution is -0.124. The van der Waals surface area contributed by atoms with Crippen LogP contribution in [0.15, 0.2) is 24.3 Å². The van der Waals surface area contributed by atoms with Crippen LogP contribution >= 0.6 is 0 Å². The summed E-state index contributed by atoms with van der Waals surface area (Å²) >= 11 is 0. The molecule has 0 aliphatic carbocycles. The lowest BCUT2D eigenvalue weighted by Crippen LogP contribution is -2.39. The molecule has 0 aromatic heterocycles. The van der Waals surface area contributed by atoms with E-state index in [-0.39, 0.29) is 36.7 Å². The highest BCUT2D eigenvalue weighted by Gasteiger charge is 2.50. The lowest BCUT2D eigenvalue weighted by atomic mass is 10.1. The summed E-state index contributed by atoms with van der Waals surface area (Å²) in [5.41, 5.74) is 1.05. The summed E-state index contributed by atoms with van der Waals surface area (Å²) in [6.07, 6.45) is -0.946. The molecule has 1 aromatic carbocycles. The molecule has 3 N–H and O–H groups in total. The quantitative estimate of drug-likeness (QED) is 0.489. The van der Waals surface area contributed by atoms with Crippen molar-refractivity contribution in [1.82, 2.24) is 10.6 Å². The summed E-state index contributed by atoms with van der Waals surface area (Å²) in [5.74, 6) is 0.751. The Labute approximate surface area is 165 Å². The fourth-order valence-corrected chi connectivity index (χ4v) is 3.78. The van der Waals surface area contributed by atoms with Crippen molar-refractivity contribution in [3.05, 3.63) is 29.8 Å². The molecule has 0 spiro atoms. The Hall–Kier alpha value is -1.71. The Balaban J connectivity index is 1.40. The zero-order chi connectivity index (χ0) is 19.9. The summed E-state index contributed by atoms with van der Waals surface area (Å²) in [6.45, 7) is 2.09. The molecule has 0 bridgehead atoms. The van der Waals surface area contributed by atoms with Gasteiger partial charge < -0.3 is 34.7 Å². The molecule has 2 fully saturated rings. The van der Waals surface area contributed by atoms with Gasteiger partial charge >= 0.3 is 0 Å². The zero-order valence-corrected chi connectivity index (χ0v) is 16.4. The van der Waals surface area contributed by atoms with E-state index in [1.54, 1.807) is 14.2 Å². The summed E-state index contributed by atoms with van der Waals surface area (Å²) in [4.78, 5) is 11.9. The molecule has 1 aromatic rings. The maximum absolute atomic E-state index is 11.9. The first kappa shape index (κ1) is 21.0. The summed E-state index contributed by atoms with van der Waals surface area (Å²) in [6, 6.07) is 7.81. The number of benzene rings is 1. The van der Waals surface area contributed by atoms with Gasteiger partial charge in [0.1, 0.15) is 18.0 Å². The Morgan fingerprint density at radius 3 is 2.86 bits per heavy atom. The monoisotopic (exact) mass is 394 g/mol. The molecule has 28 heavy (non-hydrogen) atoms. The van der Waals surface area contributed by atoms with Gasteiger partial charge in [-0.1, -0.05) is 18.2 Å². The number of methoxy groups -OCH3 is 2. The largest absolute Gasteiger partial charge is 0.496 e. The molecule has 156 valence electrons. The van der Waals surface area contributed by atoms with E-state index in [4.69, 9.17) is 18.9 Å². The number of nitrogens with one attached hydrogen (secondary N) is 2. The molecule has 2 heterocycles. The van der Waals surface area contributed by atoms with E-state index >= 15 is 0 Å². The predicted octanol–water partition coefficient (Wildman–Crippen LogP) is 0.223. The van der Waals surface area contributed by atoms with Crippen molar-refractivity contribution in [1.29, 1.82) is 0 Å². The molecule has 8 heteroatoms. The summed E-state index contributed by atoms with van der Waals surface area (Å²) in [7, 11) is 3.24. The van der Waals surface area contributed by atoms with Gasteiger partial charge in [-0.05, 0) is 6.07 Å². The molecule has 1 amide bonds. The minimum Gasteiger partial charge on any atom is -0.496 e. The molecule has 2 saturated heterocycles. The maximum atomic E-state index is 11.9. The Morgan fingerprint density at radius 1 is 1.29 bits per heavy atom. The molecule has 5 unspecified atom stereocenters. The van der Waals surface area contributed by atoms with Gasteiger partial charge in [-0.25, -0.2) is 0 Å². The van der Waals surface area contributed by atoms with Crippen LogP contribution in [-0.2, 0) is 25.5 Å². The van der Waals surface area contributed by atoms with E-state index in [1.807, 2.05) is 24.3 Å². The van der Waals surface area contributed by atoms with Crippen molar-refractivity contribution >= 4 is 5.91 Å². The third-order valence-corrected chi connectivity index (χ3v) is 5.17. The second kappa shape index (κ2) is 10.2. The third-order valence-electron chi connectivity index (χ3n) is 5.17. The van der Waals surface area contributed by atoms with Gasteiger partial charge in [0.25, 0.3) is 0 Å². The van der Waals surface area contributed by atoms with Crippen LogP contribution in [0.25, 0.3) is 0 Å². The van der Waals surface area contributed by atoms with E-state index in [9.17, 15) is 9.90 Å². The number of carbonyl (C=O) groups is 1. The molecule has 2 aliphatic rings. The number of amides is 1. The Morgan fingerprint density at radius 2 is 2.11 bits per heavy atom. The summed E-state index contributed by atoms with van der Waals surface area (Å²) in [5, 5.41) is 16.6. The number of para-hydroxylation sites is 1. The van der Waals surface area contributed by atoms with Crippen LogP contribution in [0.3, 0.4) is 0 Å². The van der Waals surface area contributed by atoms with Crippen molar-refractivity contribution < 1.29 is 28.8 Å². The number of hydrogen-bond acceptors (Lipinski definition) is 7. The van der Waals surface area contributed by atoms with Crippen LogP contribution in [0.1, 0.15) is 18.4 Å². The van der Waals surface area contributed by atoms with Gasteiger partial charge in [0.05, 0.1) is 38.4 Å². The number of aliphatic hydroxyl groups is 1. The molecule has 3 rings (SSSR count). The molecular weight excluding hydrogens is 364 g/mol. The van der Waals surface area contributed by atoms with Gasteiger partial charge in [0.15, 0.2) is 0 Å². The molecular formula is C20H30N2O6. The maximum Gasteiger partial charge on any atom is 0.222 e. The van der Waals surface area contributed by atoms with Crippen molar-refractivity contribution in [2.75, 3.05) is 33.9 Å². The van der Waals surface area contributed by atoms with Gasteiger partial charge in [-0.15, -0.1) is 0 Å². The van der Waals surface area contributed by atoms with Crippen molar-refractivity contribution in [2.45, 2.75) is 49.9 Å². The molecule has 2 aliphatic heterocycles. The topological polar surface area (TPSA) is 98.3 Å². The van der Waals surface area contributed by atoms with Crippen LogP contribution in [0.2, 0.25) is 0 Å². The molecule has 8 nitrogen and oxygen atoms in total. The van der Waals surface area contributed by atoms with Crippen molar-refractivity contribution in [2.24, 2.45) is 0 Å². The predicted molar refractivity (Wildman–Crippen MR) is 102 cm³/mol. The zero-order valence-electron chi connectivity index (χ0n) is 16.4. The number of aliphatic hydroxyl groups excluding tert-OH is 1. The highest BCUT2D eigenvalue weighted by atomic mass is 16.6. The van der Waals surface area contributed by atoms with Crippen LogP contribution in [0.5, 0.6) is 5.75 Å². The fraction of sp³-hybridized carbons (Fsp3) is 0.650. The minimum absolute atomic E-state index is 0.0773. The van der Waals surface area contributed by atoms with Crippen molar-refractivity contribution in [3.8, 4) is 5.75 Å². The third kappa shape index (κ3) is 5.21. The van der Waals surface area contributed by atoms with Gasteiger partial charge in [-0.3, -0.25) is 4.79 Å². The van der Waals surface area contributed by atoms with E-state index in [0.29, 0.717) is 32.7 Å². The van der Waals surface area contributed by atoms with E-state index in [1.165, 1.54) is 0 Å². The molecule has 5 atom stereocenters. The average Bonchev–Trinajstić information content (AvgIpc) is 3.21. The highest BCUT2D eigenvalue weighted by molar-refractivity contribution is 5.76. The van der Waals surface area contributed by atoms with Crippen LogP contribution < -0.4 is 15.4 Å². The molecule has 0 saturated carbocycles. The first-order chi connectivity index (χ1) is 13.6. The Bertz CT molecular complexity index is 643. The molecule has 0 radical (unpaired) electrons. The fourth-order valence-electron chi connectivity index (χ4n) is 3.78. The first-order valence-electron chi connectivity index (χ1n) is 9.69. The van der Waals surface area contributed by atoms with Gasteiger partial charge in [0, 0.05) is 38.7 Å². The Kier molecular flexibility index (Phi) is 7.64. The van der Waals surface area contributed by atoms with E-state index in [0.717, 1.165) is 11.3 Å². The number of carbonyl (C=O) groups excluding carboxylic acids is 1. The van der Waals surface area contributed by atoms with Crippen LogP contribution in [0, 0.1) is 0 Å². The van der Waals surface area contributed by atoms with E-state index in [2.05, 4.69) is 10.6 Å². The lowest BCUT2D eigenvalue weighted by Gasteiger charge is -2.20. The summed E-state index contributed by atoms with van der Waals surface area (Å²) < 4.78 is 22.1. The van der Waals surface area contributed by atoms with Gasteiger partial charge in [0.2, 0.25) is 5.91 Å². The number of ether oxygens (including phenoxy) is 4. The SMILES string of the molecule is COCCNC(=O)CC1CC2OC(CNCc3ccccc3OC)C(O)C2O1. The van der Waals surface area contributed by atoms with Gasteiger partial charge in [-0.2, -0.15) is 0 Å². The second-order valence-electron chi connectivity index (χ2n) is 7.15. The average molecular weight is 394 g/mol. The normalized spacial score (nSPS) is 28.9. The van der Waals surface area contributed by atoms with Crippen molar-refractivity contribution in [3.63, 3.8) is 0 Å². The highest BCUT2D eigenvalue weighted by Crippen LogP contribution is 2.35. The minimum atomic E-state index is -0.711. The van der Waals surface area contributed by atoms with Crippen LogP contribution in [0.4, 0.5) is 0 Å². The number of rotatable bonds is 10.